The van der Waals surface area contributed by atoms with E-state index in [2.05, 4.69) is 10.3 Å². The number of primary amides is 1. The Morgan fingerprint density at radius 2 is 1.93 bits per heavy atom. The number of amides is 1. The summed E-state index contributed by atoms with van der Waals surface area (Å²) in [6.45, 7) is 1.90. The fourth-order valence-electron chi connectivity index (χ4n) is 3.48. The first-order valence-electron chi connectivity index (χ1n) is 9.40. The second kappa shape index (κ2) is 8.13. The number of phenols is 1. The maximum atomic E-state index is 11.6. The quantitative estimate of drug-likeness (QED) is 0.581. The second-order valence-electron chi connectivity index (χ2n) is 6.85. The first-order chi connectivity index (χ1) is 14.5. The summed E-state index contributed by atoms with van der Waals surface area (Å²) in [5.41, 5.74) is 7.31. The van der Waals surface area contributed by atoms with Crippen LogP contribution in [0.4, 0.5) is 0 Å². The summed E-state index contributed by atoms with van der Waals surface area (Å²) in [5.74, 6) is 0.655. The van der Waals surface area contributed by atoms with E-state index in [1.165, 1.54) is 12.1 Å². The highest BCUT2D eigenvalue weighted by atomic mass is 16.5. The maximum absolute atomic E-state index is 11.6. The molecule has 1 fully saturated rings. The standard InChI is InChI=1S/C21H22N4O5/c1-28-16-8-14-15(9-17(16)29-2)24-21(25-19(14)18-10-23-3-4-30-18)12-5-11(20(22)27)6-13(26)7-12/h5-9,18,23,26H,3-4,10H2,1-2H3,(H2,22,27). The van der Waals surface area contributed by atoms with Crippen LogP contribution in [-0.2, 0) is 4.74 Å². The second-order valence-corrected chi connectivity index (χ2v) is 6.85. The van der Waals surface area contributed by atoms with E-state index >= 15 is 0 Å². The van der Waals surface area contributed by atoms with E-state index in [4.69, 9.17) is 24.9 Å². The Morgan fingerprint density at radius 1 is 1.17 bits per heavy atom. The molecule has 3 aromatic rings. The molecule has 2 aromatic carbocycles. The molecule has 9 heteroatoms. The highest BCUT2D eigenvalue weighted by Gasteiger charge is 2.23. The van der Waals surface area contributed by atoms with Crippen molar-refractivity contribution < 1.29 is 24.1 Å². The molecule has 1 aliphatic rings. The molecule has 1 aromatic heterocycles. The molecule has 0 radical (unpaired) electrons. The zero-order chi connectivity index (χ0) is 21.3. The lowest BCUT2D eigenvalue weighted by molar-refractivity contribution is 0.0260. The fraction of sp³-hybridized carbons (Fsp3) is 0.286. The highest BCUT2D eigenvalue weighted by Crippen LogP contribution is 2.36. The minimum Gasteiger partial charge on any atom is -0.508 e. The molecule has 156 valence electrons. The van der Waals surface area contributed by atoms with Crippen molar-refractivity contribution in [3.8, 4) is 28.6 Å². The predicted molar refractivity (Wildman–Crippen MR) is 110 cm³/mol. The summed E-state index contributed by atoms with van der Waals surface area (Å²) < 4.78 is 16.8. The number of nitrogens with one attached hydrogen (secondary N) is 1. The monoisotopic (exact) mass is 410 g/mol. The van der Waals surface area contributed by atoms with Crippen LogP contribution in [0.2, 0.25) is 0 Å². The normalized spacial score (nSPS) is 16.4. The van der Waals surface area contributed by atoms with Gasteiger partial charge < -0.3 is 30.4 Å². The molecule has 1 aliphatic heterocycles. The van der Waals surface area contributed by atoms with E-state index < -0.39 is 5.91 Å². The fourth-order valence-corrected chi connectivity index (χ4v) is 3.48. The van der Waals surface area contributed by atoms with Gasteiger partial charge in [-0.3, -0.25) is 4.79 Å². The van der Waals surface area contributed by atoms with E-state index in [1.807, 2.05) is 6.07 Å². The Bertz CT molecular complexity index is 1110. The van der Waals surface area contributed by atoms with Crippen molar-refractivity contribution in [1.29, 1.82) is 0 Å². The van der Waals surface area contributed by atoms with Crippen LogP contribution in [0.5, 0.6) is 17.2 Å². The maximum Gasteiger partial charge on any atom is 0.248 e. The van der Waals surface area contributed by atoms with E-state index in [1.54, 1.807) is 26.4 Å². The number of nitrogens with two attached hydrogens (primary N) is 1. The third-order valence-corrected chi connectivity index (χ3v) is 4.92. The van der Waals surface area contributed by atoms with Gasteiger partial charge in [-0.15, -0.1) is 0 Å². The number of phenolic OH excluding ortho intramolecular Hbond substituents is 1. The molecule has 1 atom stereocenters. The lowest BCUT2D eigenvalue weighted by Crippen LogP contribution is -2.34. The number of ether oxygens (including phenoxy) is 3. The number of carbonyl (C=O) groups excluding carboxylic acids is 1. The van der Waals surface area contributed by atoms with E-state index in [9.17, 15) is 9.90 Å². The van der Waals surface area contributed by atoms with Gasteiger partial charge in [0.15, 0.2) is 17.3 Å². The molecule has 0 bridgehead atoms. The molecule has 0 saturated carbocycles. The molecule has 0 spiro atoms. The number of methoxy groups -OCH3 is 2. The lowest BCUT2D eigenvalue weighted by atomic mass is 10.1. The number of hydrogen-bond acceptors (Lipinski definition) is 8. The van der Waals surface area contributed by atoms with Gasteiger partial charge in [0.05, 0.1) is 32.0 Å². The zero-order valence-corrected chi connectivity index (χ0v) is 16.6. The minimum atomic E-state index is -0.653. The third kappa shape index (κ3) is 3.72. The van der Waals surface area contributed by atoms with Crippen LogP contribution < -0.4 is 20.5 Å². The Balaban J connectivity index is 1.96. The first-order valence-corrected chi connectivity index (χ1v) is 9.40. The summed E-state index contributed by atoms with van der Waals surface area (Å²) in [6.07, 6.45) is -0.297. The van der Waals surface area contributed by atoms with Gasteiger partial charge in [0.25, 0.3) is 0 Å². The number of hydrogen-bond donors (Lipinski definition) is 3. The van der Waals surface area contributed by atoms with Crippen molar-refractivity contribution in [3.63, 3.8) is 0 Å². The molecular formula is C21H22N4O5. The average molecular weight is 410 g/mol. The molecule has 1 unspecified atom stereocenters. The van der Waals surface area contributed by atoms with Gasteiger partial charge in [0, 0.05) is 35.7 Å². The van der Waals surface area contributed by atoms with E-state index in [-0.39, 0.29) is 17.4 Å². The molecular weight excluding hydrogens is 388 g/mol. The van der Waals surface area contributed by atoms with Crippen molar-refractivity contribution in [2.24, 2.45) is 5.73 Å². The van der Waals surface area contributed by atoms with Gasteiger partial charge in [-0.2, -0.15) is 0 Å². The molecule has 30 heavy (non-hydrogen) atoms. The molecule has 4 N–H and O–H groups in total. The van der Waals surface area contributed by atoms with Crippen LogP contribution in [0, 0.1) is 0 Å². The van der Waals surface area contributed by atoms with Gasteiger partial charge in [0.1, 0.15) is 11.9 Å². The number of fused-ring (bicyclic) bond motifs is 1. The molecule has 1 saturated heterocycles. The Kier molecular flexibility index (Phi) is 5.39. The molecule has 4 rings (SSSR count). The third-order valence-electron chi connectivity index (χ3n) is 4.92. The van der Waals surface area contributed by atoms with Crippen LogP contribution in [-0.4, -0.2) is 54.9 Å². The summed E-state index contributed by atoms with van der Waals surface area (Å²) in [5, 5.41) is 14.1. The first kappa shape index (κ1) is 19.9. The topological polar surface area (TPSA) is 129 Å². The lowest BCUT2D eigenvalue weighted by Gasteiger charge is -2.25. The van der Waals surface area contributed by atoms with Crippen molar-refractivity contribution in [3.05, 3.63) is 41.6 Å². The van der Waals surface area contributed by atoms with Crippen LogP contribution in [0.3, 0.4) is 0 Å². The van der Waals surface area contributed by atoms with Crippen LogP contribution in [0.15, 0.2) is 30.3 Å². The van der Waals surface area contributed by atoms with Crippen LogP contribution >= 0.6 is 0 Å². The summed E-state index contributed by atoms with van der Waals surface area (Å²) >= 11 is 0. The Hall–Kier alpha value is -3.43. The number of rotatable bonds is 5. The Labute approximate surface area is 172 Å². The summed E-state index contributed by atoms with van der Waals surface area (Å²) in [6, 6.07) is 7.92. The van der Waals surface area contributed by atoms with E-state index in [0.717, 1.165) is 11.9 Å². The van der Waals surface area contributed by atoms with Crippen molar-refractivity contribution in [2.45, 2.75) is 6.10 Å². The van der Waals surface area contributed by atoms with Crippen LogP contribution in [0.1, 0.15) is 22.2 Å². The highest BCUT2D eigenvalue weighted by molar-refractivity contribution is 5.94. The number of morpholine rings is 1. The number of aromatic nitrogens is 2. The molecule has 1 amide bonds. The number of aromatic hydroxyl groups is 1. The smallest absolute Gasteiger partial charge is 0.248 e. The molecule has 2 heterocycles. The summed E-state index contributed by atoms with van der Waals surface area (Å²) in [7, 11) is 3.12. The molecule has 9 nitrogen and oxygen atoms in total. The van der Waals surface area contributed by atoms with Gasteiger partial charge in [-0.25, -0.2) is 9.97 Å². The summed E-state index contributed by atoms with van der Waals surface area (Å²) in [4.78, 5) is 21.0. The zero-order valence-electron chi connectivity index (χ0n) is 16.6. The largest absolute Gasteiger partial charge is 0.508 e. The van der Waals surface area contributed by atoms with Gasteiger partial charge in [0.2, 0.25) is 5.91 Å². The van der Waals surface area contributed by atoms with Crippen molar-refractivity contribution in [1.82, 2.24) is 15.3 Å². The van der Waals surface area contributed by atoms with Crippen molar-refractivity contribution >= 4 is 16.8 Å². The van der Waals surface area contributed by atoms with Crippen LogP contribution in [0.25, 0.3) is 22.3 Å². The average Bonchev–Trinajstić information content (AvgIpc) is 2.77. The number of carbonyl (C=O) groups is 1. The van der Waals surface area contributed by atoms with Gasteiger partial charge >= 0.3 is 0 Å². The van der Waals surface area contributed by atoms with Crippen molar-refractivity contribution in [2.75, 3.05) is 33.9 Å². The minimum absolute atomic E-state index is 0.102. The van der Waals surface area contributed by atoms with Gasteiger partial charge in [-0.1, -0.05) is 0 Å². The van der Waals surface area contributed by atoms with Gasteiger partial charge in [-0.05, 0) is 24.3 Å². The number of nitrogens with zero attached hydrogens (tertiary/aromatic N) is 2. The van der Waals surface area contributed by atoms with E-state index in [0.29, 0.717) is 47.2 Å². The molecule has 0 aliphatic carbocycles. The number of benzene rings is 2. The predicted octanol–water partition coefficient (Wildman–Crippen LogP) is 1.78. The SMILES string of the molecule is COc1cc2nc(-c3cc(O)cc(C(N)=O)c3)nc(C3CNCCO3)c2cc1OC. The Morgan fingerprint density at radius 3 is 2.60 bits per heavy atom.